The lowest BCUT2D eigenvalue weighted by Gasteiger charge is -2.35. The maximum Gasteiger partial charge on any atom is 0.208 e. The van der Waals surface area contributed by atoms with Gasteiger partial charge in [-0.15, -0.1) is 0 Å². The van der Waals surface area contributed by atoms with Crippen molar-refractivity contribution >= 4 is 17.3 Å². The Morgan fingerprint density at radius 3 is 2.40 bits per heavy atom. The summed E-state index contributed by atoms with van der Waals surface area (Å²) in [7, 11) is 2.22. The molecule has 1 aliphatic rings. The minimum atomic E-state index is 0.222. The molecule has 1 unspecified atom stereocenters. The molecule has 0 N–H and O–H groups in total. The van der Waals surface area contributed by atoms with E-state index < -0.39 is 0 Å². The van der Waals surface area contributed by atoms with Gasteiger partial charge in [0.2, 0.25) is 5.75 Å². The van der Waals surface area contributed by atoms with Gasteiger partial charge in [-0.05, 0) is 41.8 Å². The van der Waals surface area contributed by atoms with Crippen molar-refractivity contribution in [3.8, 4) is 0 Å². The number of halogens is 1. The molecule has 1 atom stereocenters. The van der Waals surface area contributed by atoms with Crippen LogP contribution in [-0.4, -0.2) is 24.2 Å². The van der Waals surface area contributed by atoms with Crippen molar-refractivity contribution < 1.29 is 4.79 Å². The number of hydrogen-bond donors (Lipinski definition) is 0. The van der Waals surface area contributed by atoms with E-state index in [0.717, 1.165) is 13.0 Å². The van der Waals surface area contributed by atoms with Crippen LogP contribution in [0.5, 0.6) is 0 Å². The summed E-state index contributed by atoms with van der Waals surface area (Å²) in [5.41, 5.74) is 4.36. The first kappa shape index (κ1) is 14.8. The maximum atomic E-state index is 8.57. The predicted octanol–water partition coefficient (Wildman–Crippen LogP) is 3.68. The van der Waals surface area contributed by atoms with Crippen molar-refractivity contribution in [2.24, 2.45) is 0 Å². The van der Waals surface area contributed by atoms with E-state index in [1.807, 2.05) is 0 Å². The third-order valence-corrected chi connectivity index (χ3v) is 3.64. The lowest BCUT2D eigenvalue weighted by atomic mass is 9.89. The molecule has 20 heavy (non-hydrogen) atoms. The second-order valence-electron chi connectivity index (χ2n) is 4.83. The molecular weight excluding hydrogens is 270 g/mol. The molecular formula is C17H18ClNO. The molecule has 0 bridgehead atoms. The maximum absolute atomic E-state index is 8.57. The van der Waals surface area contributed by atoms with Crippen LogP contribution >= 0.6 is 11.6 Å². The lowest BCUT2D eigenvalue weighted by molar-refractivity contribution is 0.265. The minimum Gasteiger partial charge on any atom is -0.295 e. The molecule has 0 aromatic heterocycles. The van der Waals surface area contributed by atoms with Gasteiger partial charge in [-0.25, -0.2) is 0 Å². The Morgan fingerprint density at radius 2 is 1.70 bits per heavy atom. The highest BCUT2D eigenvalue weighted by atomic mass is 35.5. The van der Waals surface area contributed by atoms with Gasteiger partial charge in [-0.1, -0.05) is 54.6 Å². The van der Waals surface area contributed by atoms with Crippen molar-refractivity contribution in [2.75, 3.05) is 13.6 Å². The van der Waals surface area contributed by atoms with Crippen LogP contribution in [0.15, 0.2) is 54.6 Å². The van der Waals surface area contributed by atoms with Crippen LogP contribution in [0.3, 0.4) is 0 Å². The average Bonchev–Trinajstić information content (AvgIpc) is 2.49. The normalized spacial score (nSPS) is 17.6. The largest absolute Gasteiger partial charge is 0.295 e. The van der Waals surface area contributed by atoms with E-state index in [-0.39, 0.29) is 5.75 Å². The lowest BCUT2D eigenvalue weighted by Crippen LogP contribution is -2.32. The van der Waals surface area contributed by atoms with Gasteiger partial charge in [0.05, 0.1) is 6.04 Å². The molecule has 3 heteroatoms. The number of likely N-dealkylation sites (N-methyl/N-ethyl adjacent to an activating group) is 1. The first-order chi connectivity index (χ1) is 9.77. The van der Waals surface area contributed by atoms with E-state index in [2.05, 4.69) is 78.1 Å². The van der Waals surface area contributed by atoms with Gasteiger partial charge < -0.3 is 0 Å². The molecule has 0 saturated heterocycles. The molecule has 104 valence electrons. The molecule has 2 nitrogen and oxygen atoms in total. The molecule has 1 heterocycles. The Balaban J connectivity index is 0.000000452. The Morgan fingerprint density at radius 1 is 1.10 bits per heavy atom. The van der Waals surface area contributed by atoms with Gasteiger partial charge in [0.1, 0.15) is 0 Å². The number of fused-ring (bicyclic) bond motifs is 1. The van der Waals surface area contributed by atoms with Crippen LogP contribution in [-0.2, 0) is 11.2 Å². The first-order valence-electron chi connectivity index (χ1n) is 6.64. The van der Waals surface area contributed by atoms with E-state index in [1.54, 1.807) is 0 Å². The monoisotopic (exact) mass is 287 g/mol. The van der Waals surface area contributed by atoms with Crippen molar-refractivity contribution in [1.29, 1.82) is 0 Å². The summed E-state index contributed by atoms with van der Waals surface area (Å²) in [6, 6.07) is 20.0. The smallest absolute Gasteiger partial charge is 0.208 e. The summed E-state index contributed by atoms with van der Waals surface area (Å²) in [6.45, 7) is 1.14. The zero-order valence-corrected chi connectivity index (χ0v) is 12.3. The zero-order chi connectivity index (χ0) is 14.4. The van der Waals surface area contributed by atoms with Gasteiger partial charge in [-0.2, -0.15) is 0 Å². The van der Waals surface area contributed by atoms with Crippen LogP contribution in [0.1, 0.15) is 22.7 Å². The number of carbonyl (C=O) groups excluding carboxylic acids is 1. The van der Waals surface area contributed by atoms with E-state index in [0.29, 0.717) is 6.04 Å². The number of hydrogen-bond acceptors (Lipinski definition) is 2. The van der Waals surface area contributed by atoms with Crippen LogP contribution < -0.4 is 0 Å². The topological polar surface area (TPSA) is 20.3 Å². The third-order valence-electron chi connectivity index (χ3n) is 3.64. The summed E-state index contributed by atoms with van der Waals surface area (Å²) >= 11 is 4.32. The van der Waals surface area contributed by atoms with E-state index in [9.17, 15) is 0 Å². The molecule has 0 amide bonds. The fourth-order valence-corrected chi connectivity index (χ4v) is 2.76. The molecule has 0 saturated carbocycles. The summed E-state index contributed by atoms with van der Waals surface area (Å²) in [5.74, 6) is 0.222. The molecule has 0 fully saturated rings. The molecule has 0 aliphatic carbocycles. The number of benzene rings is 2. The summed E-state index contributed by atoms with van der Waals surface area (Å²) in [6.07, 6.45) is 1.16. The highest BCUT2D eigenvalue weighted by molar-refractivity contribution is 6.54. The number of rotatable bonds is 1. The van der Waals surface area contributed by atoms with Crippen LogP contribution in [0.4, 0.5) is 0 Å². The summed E-state index contributed by atoms with van der Waals surface area (Å²) in [4.78, 5) is 11.0. The molecule has 1 aliphatic heterocycles. The van der Waals surface area contributed by atoms with Crippen LogP contribution in [0.2, 0.25) is 0 Å². The van der Waals surface area contributed by atoms with Crippen molar-refractivity contribution in [1.82, 2.24) is 4.90 Å². The predicted molar refractivity (Wildman–Crippen MR) is 83.7 cm³/mol. The van der Waals surface area contributed by atoms with E-state index >= 15 is 0 Å². The molecule has 2 aromatic carbocycles. The summed E-state index contributed by atoms with van der Waals surface area (Å²) < 4.78 is 0. The Kier molecular flexibility index (Phi) is 5.33. The van der Waals surface area contributed by atoms with Crippen LogP contribution in [0.25, 0.3) is 0 Å². The average molecular weight is 288 g/mol. The molecule has 3 rings (SSSR count). The quantitative estimate of drug-likeness (QED) is 0.589. The van der Waals surface area contributed by atoms with Crippen LogP contribution in [0, 0.1) is 0 Å². The van der Waals surface area contributed by atoms with Crippen molar-refractivity contribution in [3.05, 3.63) is 71.3 Å². The van der Waals surface area contributed by atoms with Gasteiger partial charge in [0.25, 0.3) is 0 Å². The number of nitrogens with zero attached hydrogens (tertiary/aromatic N) is 1. The highest BCUT2D eigenvalue weighted by Crippen LogP contribution is 2.33. The number of carbonyl (C=O) groups is 1. The molecule has 2 aromatic rings. The van der Waals surface area contributed by atoms with Gasteiger partial charge in [-0.3, -0.25) is 9.69 Å². The molecule has 0 radical (unpaired) electrons. The van der Waals surface area contributed by atoms with E-state index in [4.69, 9.17) is 4.79 Å². The second kappa shape index (κ2) is 7.22. The Labute approximate surface area is 125 Å². The van der Waals surface area contributed by atoms with Crippen molar-refractivity contribution in [2.45, 2.75) is 12.5 Å². The summed E-state index contributed by atoms with van der Waals surface area (Å²) in [5, 5.41) is 0. The Hall–Kier alpha value is -1.64. The van der Waals surface area contributed by atoms with Gasteiger partial charge in [0.15, 0.2) is 0 Å². The fraction of sp³-hybridized carbons (Fsp3) is 0.235. The highest BCUT2D eigenvalue weighted by Gasteiger charge is 2.25. The minimum absolute atomic E-state index is 0.222. The second-order valence-corrected chi connectivity index (χ2v) is 5.01. The third kappa shape index (κ3) is 3.27. The fourth-order valence-electron chi connectivity index (χ4n) is 2.76. The zero-order valence-electron chi connectivity index (χ0n) is 11.5. The van der Waals surface area contributed by atoms with Gasteiger partial charge in [0, 0.05) is 6.54 Å². The van der Waals surface area contributed by atoms with Gasteiger partial charge >= 0.3 is 0 Å². The SMILES string of the molecule is CN1CCc2ccccc2C1c1ccccc1.O=CCl. The Bertz CT molecular complexity index is 556. The molecule has 0 spiro atoms. The van der Waals surface area contributed by atoms with E-state index in [1.165, 1.54) is 16.7 Å². The first-order valence-corrected chi connectivity index (χ1v) is 7.08. The van der Waals surface area contributed by atoms with Crippen molar-refractivity contribution in [3.63, 3.8) is 0 Å². The standard InChI is InChI=1S/C16H17N.CHClO/c1-17-12-11-13-7-5-6-10-15(13)16(17)14-8-3-2-4-9-14;2-1-3/h2-10,16H,11-12H2,1H3;1H.